The number of nitrogens with one attached hydrogen (secondary N) is 2. The Hall–Kier alpha value is -2.35. The molecule has 21 heavy (non-hydrogen) atoms. The van der Waals surface area contributed by atoms with Gasteiger partial charge in [-0.1, -0.05) is 6.92 Å². The van der Waals surface area contributed by atoms with Gasteiger partial charge in [-0.05, 0) is 19.4 Å². The van der Waals surface area contributed by atoms with Gasteiger partial charge in [-0.2, -0.15) is 0 Å². The highest BCUT2D eigenvalue weighted by atomic mass is 16.6. The van der Waals surface area contributed by atoms with E-state index in [2.05, 4.69) is 10.6 Å². The third-order valence-corrected chi connectivity index (χ3v) is 3.03. The number of hydrogen-bond acceptors (Lipinski definition) is 5. The van der Waals surface area contributed by atoms with Crippen molar-refractivity contribution < 1.29 is 19.6 Å². The molecule has 0 aromatic heterocycles. The number of anilines is 1. The summed E-state index contributed by atoms with van der Waals surface area (Å²) in [6.07, 6.45) is 0.480. The topological polar surface area (TPSA) is 114 Å². The van der Waals surface area contributed by atoms with Crippen LogP contribution in [0.3, 0.4) is 0 Å². The molecule has 0 aliphatic heterocycles. The van der Waals surface area contributed by atoms with Crippen LogP contribution in [0.2, 0.25) is 0 Å². The predicted octanol–water partition coefficient (Wildman–Crippen LogP) is 1.89. The van der Waals surface area contributed by atoms with Crippen LogP contribution in [0.15, 0.2) is 18.2 Å². The zero-order valence-electron chi connectivity index (χ0n) is 12.2. The molecule has 116 valence electrons. The lowest BCUT2D eigenvalue weighted by Gasteiger charge is -2.21. The van der Waals surface area contributed by atoms with Crippen molar-refractivity contribution in [1.82, 2.24) is 5.32 Å². The summed E-state index contributed by atoms with van der Waals surface area (Å²) < 4.78 is 5.03. The van der Waals surface area contributed by atoms with Crippen LogP contribution in [0.5, 0.6) is 5.75 Å². The first-order chi connectivity index (χ1) is 9.79. The Morgan fingerprint density at radius 3 is 2.71 bits per heavy atom. The molecule has 0 saturated carbocycles. The maximum Gasteiger partial charge on any atom is 0.319 e. The molecule has 1 atom stereocenters. The number of methoxy groups -OCH3 is 1. The quantitative estimate of drug-likeness (QED) is 0.548. The van der Waals surface area contributed by atoms with Crippen LogP contribution >= 0.6 is 0 Å². The average Bonchev–Trinajstić information content (AvgIpc) is 2.45. The molecule has 0 radical (unpaired) electrons. The number of nitrogens with zero attached hydrogens (tertiary/aromatic N) is 1. The van der Waals surface area contributed by atoms with E-state index in [9.17, 15) is 20.0 Å². The SMILES string of the molecule is CC[C@](C)(O)CNC(=O)Nc1cc([N+](=O)[O-])ccc1OC. The van der Waals surface area contributed by atoms with Crippen molar-refractivity contribution in [2.45, 2.75) is 25.9 Å². The van der Waals surface area contributed by atoms with Crippen LogP contribution < -0.4 is 15.4 Å². The van der Waals surface area contributed by atoms with E-state index in [4.69, 9.17) is 4.74 Å². The molecule has 0 fully saturated rings. The van der Waals surface area contributed by atoms with Crippen molar-refractivity contribution in [3.63, 3.8) is 0 Å². The van der Waals surface area contributed by atoms with Crippen molar-refractivity contribution in [3.05, 3.63) is 28.3 Å². The van der Waals surface area contributed by atoms with E-state index in [1.165, 1.54) is 25.3 Å². The fraction of sp³-hybridized carbons (Fsp3) is 0.462. The fourth-order valence-corrected chi connectivity index (χ4v) is 1.47. The molecule has 8 nitrogen and oxygen atoms in total. The monoisotopic (exact) mass is 297 g/mol. The zero-order chi connectivity index (χ0) is 16.0. The van der Waals surface area contributed by atoms with Gasteiger partial charge in [0.05, 0.1) is 23.3 Å². The van der Waals surface area contributed by atoms with E-state index in [0.29, 0.717) is 12.2 Å². The summed E-state index contributed by atoms with van der Waals surface area (Å²) in [6.45, 7) is 3.46. The Bertz CT molecular complexity index is 531. The minimum atomic E-state index is -1.01. The molecular weight excluding hydrogens is 278 g/mol. The number of carbonyl (C=O) groups excluding carboxylic acids is 1. The highest BCUT2D eigenvalue weighted by molar-refractivity contribution is 5.91. The van der Waals surface area contributed by atoms with Gasteiger partial charge in [0.2, 0.25) is 0 Å². The van der Waals surface area contributed by atoms with Gasteiger partial charge in [0, 0.05) is 18.7 Å². The van der Waals surface area contributed by atoms with Crippen LogP contribution in [-0.4, -0.2) is 35.3 Å². The number of urea groups is 1. The maximum atomic E-state index is 11.8. The maximum absolute atomic E-state index is 11.8. The molecule has 0 aliphatic carbocycles. The summed E-state index contributed by atoms with van der Waals surface area (Å²) in [5.74, 6) is 0.304. The molecule has 1 aromatic rings. The summed E-state index contributed by atoms with van der Waals surface area (Å²) in [5.41, 5.74) is -0.989. The normalized spacial score (nSPS) is 13.1. The van der Waals surface area contributed by atoms with Gasteiger partial charge in [0.15, 0.2) is 0 Å². The minimum absolute atomic E-state index is 0.0621. The lowest BCUT2D eigenvalue weighted by atomic mass is 10.0. The van der Waals surface area contributed by atoms with E-state index in [1.807, 2.05) is 0 Å². The van der Waals surface area contributed by atoms with E-state index in [-0.39, 0.29) is 17.9 Å². The van der Waals surface area contributed by atoms with Crippen molar-refractivity contribution >= 4 is 17.4 Å². The third kappa shape index (κ3) is 4.92. The van der Waals surface area contributed by atoms with Crippen LogP contribution in [-0.2, 0) is 0 Å². The van der Waals surface area contributed by atoms with Crippen LogP contribution in [0.4, 0.5) is 16.2 Å². The smallest absolute Gasteiger partial charge is 0.319 e. The van der Waals surface area contributed by atoms with Gasteiger partial charge in [0.25, 0.3) is 5.69 Å². The number of ether oxygens (including phenoxy) is 1. The Labute approximate surface area is 122 Å². The van der Waals surface area contributed by atoms with E-state index < -0.39 is 16.6 Å². The molecule has 0 unspecified atom stereocenters. The standard InChI is InChI=1S/C13H19N3O5/c1-4-13(2,18)8-14-12(17)15-10-7-9(16(19)20)5-6-11(10)21-3/h5-7,18H,4,8H2,1-3H3,(H2,14,15,17)/t13-/m0/s1. The summed E-state index contributed by atoms with van der Waals surface area (Å²) in [6, 6.07) is 3.30. The molecule has 0 aliphatic rings. The molecular formula is C13H19N3O5. The van der Waals surface area contributed by atoms with E-state index in [1.54, 1.807) is 13.8 Å². The summed E-state index contributed by atoms with van der Waals surface area (Å²) in [7, 11) is 1.39. The largest absolute Gasteiger partial charge is 0.495 e. The lowest BCUT2D eigenvalue weighted by molar-refractivity contribution is -0.384. The van der Waals surface area contributed by atoms with Crippen molar-refractivity contribution in [3.8, 4) is 5.75 Å². The Morgan fingerprint density at radius 2 is 2.19 bits per heavy atom. The second kappa shape index (κ2) is 6.89. The summed E-state index contributed by atoms with van der Waals surface area (Å²) in [4.78, 5) is 21.9. The molecule has 1 rings (SSSR count). The van der Waals surface area contributed by atoms with Crippen molar-refractivity contribution in [1.29, 1.82) is 0 Å². The average molecular weight is 297 g/mol. The highest BCUT2D eigenvalue weighted by Gasteiger charge is 2.19. The Balaban J connectivity index is 2.79. The molecule has 1 aromatic carbocycles. The van der Waals surface area contributed by atoms with E-state index >= 15 is 0 Å². The van der Waals surface area contributed by atoms with Gasteiger partial charge >= 0.3 is 6.03 Å². The first-order valence-electron chi connectivity index (χ1n) is 6.38. The van der Waals surface area contributed by atoms with Crippen LogP contribution in [0.1, 0.15) is 20.3 Å². The zero-order valence-corrected chi connectivity index (χ0v) is 12.2. The number of carbonyl (C=O) groups is 1. The first-order valence-corrected chi connectivity index (χ1v) is 6.38. The summed E-state index contributed by atoms with van der Waals surface area (Å²) in [5, 5.41) is 25.5. The Morgan fingerprint density at radius 1 is 1.52 bits per heavy atom. The van der Waals surface area contributed by atoms with Crippen molar-refractivity contribution in [2.75, 3.05) is 19.0 Å². The predicted molar refractivity (Wildman–Crippen MR) is 77.6 cm³/mol. The molecule has 2 amide bonds. The molecule has 8 heteroatoms. The third-order valence-electron chi connectivity index (χ3n) is 3.03. The number of amides is 2. The number of nitro benzene ring substituents is 1. The molecule has 0 heterocycles. The molecule has 0 saturated heterocycles. The van der Waals surface area contributed by atoms with E-state index in [0.717, 1.165) is 0 Å². The number of hydrogen-bond donors (Lipinski definition) is 3. The lowest BCUT2D eigenvalue weighted by Crippen LogP contribution is -2.41. The second-order valence-corrected chi connectivity index (χ2v) is 4.80. The number of aliphatic hydroxyl groups is 1. The van der Waals surface area contributed by atoms with Crippen molar-refractivity contribution in [2.24, 2.45) is 0 Å². The van der Waals surface area contributed by atoms with Gasteiger partial charge in [-0.25, -0.2) is 4.79 Å². The minimum Gasteiger partial charge on any atom is -0.495 e. The summed E-state index contributed by atoms with van der Waals surface area (Å²) >= 11 is 0. The van der Waals surface area contributed by atoms with Gasteiger partial charge in [0.1, 0.15) is 5.75 Å². The number of non-ortho nitro benzene ring substituents is 1. The van der Waals surface area contributed by atoms with Crippen LogP contribution in [0.25, 0.3) is 0 Å². The first kappa shape index (κ1) is 16.7. The Kier molecular flexibility index (Phi) is 5.48. The van der Waals surface area contributed by atoms with Gasteiger partial charge < -0.3 is 20.5 Å². The number of rotatable bonds is 6. The molecule has 0 bridgehead atoms. The van der Waals surface area contributed by atoms with Gasteiger partial charge in [-0.3, -0.25) is 10.1 Å². The number of benzene rings is 1. The molecule has 3 N–H and O–H groups in total. The number of nitro groups is 1. The fourth-order valence-electron chi connectivity index (χ4n) is 1.47. The van der Waals surface area contributed by atoms with Gasteiger partial charge in [-0.15, -0.1) is 0 Å². The highest BCUT2D eigenvalue weighted by Crippen LogP contribution is 2.28. The van der Waals surface area contributed by atoms with Crippen LogP contribution in [0, 0.1) is 10.1 Å². The second-order valence-electron chi connectivity index (χ2n) is 4.80. The molecule has 0 spiro atoms.